The summed E-state index contributed by atoms with van der Waals surface area (Å²) in [4.78, 5) is 13.9. The Labute approximate surface area is 199 Å². The predicted molar refractivity (Wildman–Crippen MR) is 140 cm³/mol. The van der Waals surface area contributed by atoms with Crippen LogP contribution < -0.4 is 20.1 Å². The van der Waals surface area contributed by atoms with Gasteiger partial charge in [-0.25, -0.2) is 0 Å². The zero-order valence-electron chi connectivity index (χ0n) is 19.8. The number of hydrogen-bond donors (Lipinski definition) is 0. The molecule has 0 aliphatic rings. The van der Waals surface area contributed by atoms with Crippen molar-refractivity contribution in [2.24, 2.45) is 0 Å². The second kappa shape index (κ2) is 13.8. The Morgan fingerprint density at radius 3 is 1.58 bits per heavy atom. The molecule has 0 atom stereocenters. The fourth-order valence-electron chi connectivity index (χ4n) is 3.65. The molecule has 0 heterocycles. The number of rotatable bonds is 14. The molecule has 0 aliphatic carbocycles. The SMILES string of the molecule is CCCCCOc1ccccc1P(C(=O)c1ccccc1)c1ccccc1OCCCCC. The topological polar surface area (TPSA) is 35.5 Å². The maximum Gasteiger partial charge on any atom is 0.193 e. The number of benzene rings is 3. The van der Waals surface area contributed by atoms with Gasteiger partial charge in [-0.15, -0.1) is 0 Å². The Bertz CT molecular complexity index is 931. The fraction of sp³-hybridized carbons (Fsp3) is 0.345. The van der Waals surface area contributed by atoms with Crippen molar-refractivity contribution in [2.45, 2.75) is 52.4 Å². The minimum atomic E-state index is -1.37. The minimum absolute atomic E-state index is 0.111. The predicted octanol–water partition coefficient (Wildman–Crippen LogP) is 7.10. The van der Waals surface area contributed by atoms with Crippen LogP contribution in [0.3, 0.4) is 0 Å². The van der Waals surface area contributed by atoms with Crippen LogP contribution in [0.15, 0.2) is 78.9 Å². The minimum Gasteiger partial charge on any atom is -0.493 e. The largest absolute Gasteiger partial charge is 0.493 e. The van der Waals surface area contributed by atoms with Gasteiger partial charge >= 0.3 is 0 Å². The van der Waals surface area contributed by atoms with Crippen LogP contribution in [0.25, 0.3) is 0 Å². The lowest BCUT2D eigenvalue weighted by atomic mass is 10.2. The molecule has 0 aromatic heterocycles. The van der Waals surface area contributed by atoms with Gasteiger partial charge < -0.3 is 9.47 Å². The van der Waals surface area contributed by atoms with Crippen molar-refractivity contribution in [3.05, 3.63) is 84.4 Å². The first-order valence-electron chi connectivity index (χ1n) is 12.1. The molecule has 0 radical (unpaired) electrons. The molecule has 3 nitrogen and oxygen atoms in total. The summed E-state index contributed by atoms with van der Waals surface area (Å²) in [5.41, 5.74) is 0.824. The summed E-state index contributed by atoms with van der Waals surface area (Å²) in [7, 11) is -1.37. The molecule has 174 valence electrons. The first kappa shape index (κ1) is 25.0. The standard InChI is InChI=1S/C29H35O3P/c1-3-5-14-22-31-25-18-10-12-20-27(25)33(29(30)24-16-8-7-9-17-24)28-21-13-11-19-26(28)32-23-15-6-4-2/h7-13,16-21H,3-6,14-15,22-23H2,1-2H3. The van der Waals surface area contributed by atoms with Crippen LogP contribution in [0.4, 0.5) is 0 Å². The van der Waals surface area contributed by atoms with E-state index in [1.54, 1.807) is 0 Å². The Hall–Kier alpha value is -2.64. The van der Waals surface area contributed by atoms with Gasteiger partial charge in [0.25, 0.3) is 0 Å². The Morgan fingerprint density at radius 1 is 0.636 bits per heavy atom. The normalized spacial score (nSPS) is 10.9. The Balaban J connectivity index is 2.00. The molecule has 0 amide bonds. The smallest absolute Gasteiger partial charge is 0.193 e. The van der Waals surface area contributed by atoms with Crippen LogP contribution >= 0.6 is 7.92 Å². The molecule has 0 saturated carbocycles. The van der Waals surface area contributed by atoms with Crippen LogP contribution in [0.2, 0.25) is 0 Å². The van der Waals surface area contributed by atoms with Crippen molar-refractivity contribution < 1.29 is 14.3 Å². The van der Waals surface area contributed by atoms with E-state index in [9.17, 15) is 4.79 Å². The average Bonchev–Trinajstić information content (AvgIpc) is 2.87. The van der Waals surface area contributed by atoms with E-state index >= 15 is 0 Å². The molecule has 0 aliphatic heterocycles. The van der Waals surface area contributed by atoms with E-state index in [1.165, 1.54) is 0 Å². The highest BCUT2D eigenvalue weighted by molar-refractivity contribution is 7.88. The Kier molecular flexibility index (Phi) is 10.5. The lowest BCUT2D eigenvalue weighted by Gasteiger charge is -2.23. The zero-order chi connectivity index (χ0) is 23.3. The summed E-state index contributed by atoms with van der Waals surface area (Å²) in [5.74, 6) is 1.59. The van der Waals surface area contributed by atoms with E-state index in [1.807, 2.05) is 78.9 Å². The van der Waals surface area contributed by atoms with E-state index in [0.717, 1.165) is 60.6 Å². The molecule has 4 heteroatoms. The molecule has 33 heavy (non-hydrogen) atoms. The number of hydrogen-bond acceptors (Lipinski definition) is 3. The van der Waals surface area contributed by atoms with Gasteiger partial charge in [0, 0.05) is 24.1 Å². The summed E-state index contributed by atoms with van der Waals surface area (Å²) in [5, 5.41) is 1.89. The average molecular weight is 463 g/mol. The van der Waals surface area contributed by atoms with E-state index < -0.39 is 7.92 Å². The number of unbranched alkanes of at least 4 members (excludes halogenated alkanes) is 4. The van der Waals surface area contributed by atoms with Gasteiger partial charge in [-0.1, -0.05) is 106 Å². The third-order valence-electron chi connectivity index (χ3n) is 5.45. The van der Waals surface area contributed by atoms with Crippen molar-refractivity contribution in [2.75, 3.05) is 13.2 Å². The molecular weight excluding hydrogens is 427 g/mol. The van der Waals surface area contributed by atoms with Gasteiger partial charge in [0.15, 0.2) is 5.52 Å². The fourth-order valence-corrected chi connectivity index (χ4v) is 5.95. The van der Waals surface area contributed by atoms with Crippen molar-refractivity contribution >= 4 is 24.1 Å². The molecule has 0 fully saturated rings. The quantitative estimate of drug-likeness (QED) is 0.189. The van der Waals surface area contributed by atoms with Crippen molar-refractivity contribution in [1.29, 1.82) is 0 Å². The second-order valence-corrected chi connectivity index (χ2v) is 10.1. The summed E-state index contributed by atoms with van der Waals surface area (Å²) >= 11 is 0. The number of carbonyl (C=O) groups excluding carboxylic acids is 1. The van der Waals surface area contributed by atoms with E-state index in [0.29, 0.717) is 18.8 Å². The number of ether oxygens (including phenoxy) is 2. The van der Waals surface area contributed by atoms with Crippen molar-refractivity contribution in [1.82, 2.24) is 0 Å². The molecule has 3 rings (SSSR count). The molecule has 0 bridgehead atoms. The highest BCUT2D eigenvalue weighted by atomic mass is 31.1. The second-order valence-electron chi connectivity index (χ2n) is 8.05. The first-order valence-corrected chi connectivity index (χ1v) is 13.4. The van der Waals surface area contributed by atoms with E-state index in [-0.39, 0.29) is 5.52 Å². The summed E-state index contributed by atoms with van der Waals surface area (Å²) < 4.78 is 12.4. The highest BCUT2D eigenvalue weighted by Crippen LogP contribution is 2.43. The monoisotopic (exact) mass is 462 g/mol. The lowest BCUT2D eigenvalue weighted by molar-refractivity contribution is 0.108. The van der Waals surface area contributed by atoms with Gasteiger partial charge in [-0.05, 0) is 25.0 Å². The van der Waals surface area contributed by atoms with Crippen LogP contribution in [0.1, 0.15) is 62.7 Å². The molecule has 0 N–H and O–H groups in total. The van der Waals surface area contributed by atoms with E-state index in [2.05, 4.69) is 13.8 Å². The summed E-state index contributed by atoms with van der Waals surface area (Å²) in [6.07, 6.45) is 6.57. The summed E-state index contributed by atoms with van der Waals surface area (Å²) in [6.45, 7) is 5.68. The van der Waals surface area contributed by atoms with Gasteiger partial charge in [-0.3, -0.25) is 4.79 Å². The van der Waals surface area contributed by atoms with Gasteiger partial charge in [0.2, 0.25) is 0 Å². The Morgan fingerprint density at radius 2 is 1.09 bits per heavy atom. The number of para-hydroxylation sites is 2. The molecule has 3 aromatic carbocycles. The van der Waals surface area contributed by atoms with E-state index in [4.69, 9.17) is 9.47 Å². The van der Waals surface area contributed by atoms with Crippen LogP contribution in [0.5, 0.6) is 11.5 Å². The van der Waals surface area contributed by atoms with Crippen LogP contribution in [-0.2, 0) is 0 Å². The molecule has 0 spiro atoms. The van der Waals surface area contributed by atoms with Crippen LogP contribution in [-0.4, -0.2) is 18.7 Å². The third-order valence-corrected chi connectivity index (χ3v) is 7.81. The number of carbonyl (C=O) groups is 1. The van der Waals surface area contributed by atoms with Crippen LogP contribution in [0, 0.1) is 0 Å². The molecule has 3 aromatic rings. The van der Waals surface area contributed by atoms with Crippen molar-refractivity contribution in [3.63, 3.8) is 0 Å². The van der Waals surface area contributed by atoms with Gasteiger partial charge in [0.1, 0.15) is 11.5 Å². The molecule has 0 saturated heterocycles. The highest BCUT2D eigenvalue weighted by Gasteiger charge is 2.29. The zero-order valence-corrected chi connectivity index (χ0v) is 20.7. The first-order chi connectivity index (χ1) is 16.3. The maximum atomic E-state index is 13.9. The van der Waals surface area contributed by atoms with Gasteiger partial charge in [0.05, 0.1) is 13.2 Å². The molecular formula is C29H35O3P. The summed E-state index contributed by atoms with van der Waals surface area (Å²) in [6, 6.07) is 25.6. The third kappa shape index (κ3) is 7.17. The maximum absolute atomic E-state index is 13.9. The van der Waals surface area contributed by atoms with Crippen molar-refractivity contribution in [3.8, 4) is 11.5 Å². The lowest BCUT2D eigenvalue weighted by Crippen LogP contribution is -2.22. The molecule has 0 unspecified atom stereocenters. The van der Waals surface area contributed by atoms with Gasteiger partial charge in [-0.2, -0.15) is 0 Å².